The highest BCUT2D eigenvalue weighted by Crippen LogP contribution is 2.32. The number of benzene rings is 1. The number of anilines is 1. The summed E-state index contributed by atoms with van der Waals surface area (Å²) < 4.78 is 0. The van der Waals surface area contributed by atoms with E-state index in [2.05, 4.69) is 0 Å². The Balaban J connectivity index is 3.49. The van der Waals surface area contributed by atoms with Crippen molar-refractivity contribution in [3.8, 4) is 0 Å². The Kier molecular flexibility index (Phi) is 3.15. The van der Waals surface area contributed by atoms with Crippen molar-refractivity contribution in [3.63, 3.8) is 0 Å². The zero-order valence-corrected chi connectivity index (χ0v) is 8.58. The number of nitro groups is 1. The second-order valence-corrected chi connectivity index (χ2v) is 3.49. The van der Waals surface area contributed by atoms with E-state index >= 15 is 0 Å². The van der Waals surface area contributed by atoms with E-state index in [1.165, 1.54) is 23.9 Å². The van der Waals surface area contributed by atoms with E-state index in [-0.39, 0.29) is 16.9 Å². The molecule has 0 radical (unpaired) electrons. The van der Waals surface area contributed by atoms with Crippen molar-refractivity contribution in [3.05, 3.63) is 27.8 Å². The zero-order chi connectivity index (χ0) is 11.6. The molecule has 15 heavy (non-hydrogen) atoms. The first-order valence-corrected chi connectivity index (χ1v) is 5.05. The molecule has 7 heteroatoms. The lowest BCUT2D eigenvalue weighted by Crippen LogP contribution is -2.07. The van der Waals surface area contributed by atoms with Gasteiger partial charge < -0.3 is 10.8 Å². The topological polar surface area (TPSA) is 106 Å². The summed E-state index contributed by atoms with van der Waals surface area (Å²) in [6, 6.07) is 2.58. The van der Waals surface area contributed by atoms with Crippen LogP contribution in [0.25, 0.3) is 0 Å². The van der Waals surface area contributed by atoms with Crippen LogP contribution in [-0.4, -0.2) is 22.3 Å². The molecule has 0 spiro atoms. The summed E-state index contributed by atoms with van der Waals surface area (Å²) in [5, 5.41) is 19.4. The van der Waals surface area contributed by atoms with Crippen LogP contribution in [0.2, 0.25) is 0 Å². The third kappa shape index (κ3) is 2.01. The van der Waals surface area contributed by atoms with Gasteiger partial charge in [-0.3, -0.25) is 10.1 Å². The largest absolute Gasteiger partial charge is 0.478 e. The number of carboxylic acids is 1. The Morgan fingerprint density at radius 3 is 2.60 bits per heavy atom. The number of rotatable bonds is 3. The maximum absolute atomic E-state index is 10.9. The lowest BCUT2D eigenvalue weighted by atomic mass is 10.1. The molecule has 3 N–H and O–H groups in total. The van der Waals surface area contributed by atoms with Crippen LogP contribution >= 0.6 is 11.8 Å². The van der Waals surface area contributed by atoms with Crippen molar-refractivity contribution >= 4 is 29.1 Å². The number of nitrogens with two attached hydrogens (primary N) is 1. The first-order chi connectivity index (χ1) is 6.99. The van der Waals surface area contributed by atoms with Gasteiger partial charge >= 0.3 is 5.97 Å². The molecule has 0 aliphatic heterocycles. The van der Waals surface area contributed by atoms with Gasteiger partial charge in [-0.25, -0.2) is 4.79 Å². The molecule has 0 fully saturated rings. The molecule has 0 aromatic heterocycles. The van der Waals surface area contributed by atoms with Gasteiger partial charge in [0.05, 0.1) is 4.92 Å². The Morgan fingerprint density at radius 1 is 1.60 bits per heavy atom. The number of thioether (sulfide) groups is 1. The van der Waals surface area contributed by atoms with Crippen LogP contribution in [0.4, 0.5) is 11.4 Å². The number of nitrogens with zero attached hydrogens (tertiary/aromatic N) is 1. The molecular weight excluding hydrogens is 220 g/mol. The number of carboxylic acid groups (broad SMARTS) is 1. The third-order valence-electron chi connectivity index (χ3n) is 1.81. The standard InChI is InChI=1S/C8H8N2O4S/c1-15-5-3-2-4(10(13)14)7(9)6(5)8(11)12/h2-3H,9H2,1H3,(H,11,12). The average molecular weight is 228 g/mol. The molecule has 1 aromatic carbocycles. The molecule has 1 aromatic rings. The van der Waals surface area contributed by atoms with Gasteiger partial charge in [0.25, 0.3) is 5.69 Å². The maximum atomic E-state index is 10.9. The summed E-state index contributed by atoms with van der Waals surface area (Å²) in [7, 11) is 0. The van der Waals surface area contributed by atoms with Gasteiger partial charge in [0.15, 0.2) is 0 Å². The fourth-order valence-electron chi connectivity index (χ4n) is 1.14. The molecule has 0 saturated heterocycles. The van der Waals surface area contributed by atoms with E-state index in [0.29, 0.717) is 4.90 Å². The minimum atomic E-state index is -1.26. The lowest BCUT2D eigenvalue weighted by Gasteiger charge is -2.06. The van der Waals surface area contributed by atoms with Crippen LogP contribution in [0.5, 0.6) is 0 Å². The van der Waals surface area contributed by atoms with Crippen molar-refractivity contribution in [1.82, 2.24) is 0 Å². The Hall–Kier alpha value is -1.76. The van der Waals surface area contributed by atoms with Crippen molar-refractivity contribution in [2.24, 2.45) is 0 Å². The summed E-state index contributed by atoms with van der Waals surface area (Å²) in [5.41, 5.74) is 4.52. The highest BCUT2D eigenvalue weighted by atomic mass is 32.2. The van der Waals surface area contributed by atoms with E-state index in [4.69, 9.17) is 10.8 Å². The van der Waals surface area contributed by atoms with Crippen LogP contribution in [0, 0.1) is 10.1 Å². The van der Waals surface area contributed by atoms with Gasteiger partial charge in [-0.15, -0.1) is 11.8 Å². The highest BCUT2D eigenvalue weighted by molar-refractivity contribution is 7.98. The molecule has 0 amide bonds. The predicted octanol–water partition coefficient (Wildman–Crippen LogP) is 1.60. The monoisotopic (exact) mass is 228 g/mol. The van der Waals surface area contributed by atoms with E-state index in [1.807, 2.05) is 0 Å². The van der Waals surface area contributed by atoms with Crippen molar-refractivity contribution in [1.29, 1.82) is 0 Å². The average Bonchev–Trinajstić information content (AvgIpc) is 2.15. The van der Waals surface area contributed by atoms with Crippen LogP contribution in [0.15, 0.2) is 17.0 Å². The molecule has 0 saturated carbocycles. The predicted molar refractivity (Wildman–Crippen MR) is 56.2 cm³/mol. The van der Waals surface area contributed by atoms with E-state index in [0.717, 1.165) is 0 Å². The second-order valence-electron chi connectivity index (χ2n) is 2.64. The van der Waals surface area contributed by atoms with Gasteiger partial charge in [0.2, 0.25) is 0 Å². The molecular formula is C8H8N2O4S. The molecule has 0 aliphatic rings. The smallest absolute Gasteiger partial charge is 0.339 e. The number of hydrogen-bond donors (Lipinski definition) is 2. The maximum Gasteiger partial charge on any atom is 0.339 e. The van der Waals surface area contributed by atoms with Crippen LogP contribution in [-0.2, 0) is 0 Å². The lowest BCUT2D eigenvalue weighted by molar-refractivity contribution is -0.384. The number of aromatic carboxylic acids is 1. The SMILES string of the molecule is CSc1ccc([N+](=O)[O-])c(N)c1C(=O)O. The number of nitrogen functional groups attached to an aromatic ring is 1. The summed E-state index contributed by atoms with van der Waals surface area (Å²) in [6.45, 7) is 0. The molecule has 6 nitrogen and oxygen atoms in total. The van der Waals surface area contributed by atoms with Crippen LogP contribution < -0.4 is 5.73 Å². The first kappa shape index (κ1) is 11.3. The molecule has 80 valence electrons. The van der Waals surface area contributed by atoms with Crippen LogP contribution in [0.3, 0.4) is 0 Å². The van der Waals surface area contributed by atoms with E-state index in [9.17, 15) is 14.9 Å². The molecule has 0 unspecified atom stereocenters. The van der Waals surface area contributed by atoms with Gasteiger partial charge in [0, 0.05) is 11.0 Å². The molecule has 1 rings (SSSR count). The Labute approximate surface area is 89.2 Å². The van der Waals surface area contributed by atoms with E-state index in [1.54, 1.807) is 6.26 Å². The summed E-state index contributed by atoms with van der Waals surface area (Å²) in [5.74, 6) is -1.26. The molecule has 0 heterocycles. The number of hydrogen-bond acceptors (Lipinski definition) is 5. The van der Waals surface area contributed by atoms with Crippen molar-refractivity contribution < 1.29 is 14.8 Å². The Morgan fingerprint density at radius 2 is 2.20 bits per heavy atom. The number of carbonyl (C=O) groups is 1. The van der Waals surface area contributed by atoms with Gasteiger partial charge in [-0.1, -0.05) is 0 Å². The fraction of sp³-hybridized carbons (Fsp3) is 0.125. The normalized spacial score (nSPS) is 9.93. The minimum absolute atomic E-state index is 0.211. The molecule has 0 aliphatic carbocycles. The van der Waals surface area contributed by atoms with Crippen molar-refractivity contribution in [2.45, 2.75) is 4.90 Å². The zero-order valence-electron chi connectivity index (χ0n) is 7.76. The summed E-state index contributed by atoms with van der Waals surface area (Å²) in [6.07, 6.45) is 1.67. The number of nitro benzene ring substituents is 1. The quantitative estimate of drug-likeness (QED) is 0.352. The van der Waals surface area contributed by atoms with Gasteiger partial charge in [-0.05, 0) is 12.3 Å². The second kappa shape index (κ2) is 4.18. The molecule has 0 bridgehead atoms. The van der Waals surface area contributed by atoms with Crippen LogP contribution in [0.1, 0.15) is 10.4 Å². The van der Waals surface area contributed by atoms with Gasteiger partial charge in [0.1, 0.15) is 11.3 Å². The van der Waals surface area contributed by atoms with Gasteiger partial charge in [-0.2, -0.15) is 0 Å². The third-order valence-corrected chi connectivity index (χ3v) is 2.59. The fourth-order valence-corrected chi connectivity index (χ4v) is 1.74. The Bertz CT molecular complexity index is 433. The molecule has 0 atom stereocenters. The van der Waals surface area contributed by atoms with Crippen molar-refractivity contribution in [2.75, 3.05) is 12.0 Å². The highest BCUT2D eigenvalue weighted by Gasteiger charge is 2.22. The van der Waals surface area contributed by atoms with E-state index < -0.39 is 10.9 Å². The summed E-state index contributed by atoms with van der Waals surface area (Å²) in [4.78, 5) is 21.1. The minimum Gasteiger partial charge on any atom is -0.478 e. The summed E-state index contributed by atoms with van der Waals surface area (Å²) >= 11 is 1.17. The first-order valence-electron chi connectivity index (χ1n) is 3.83.